The maximum atomic E-state index is 12.9. The average Bonchev–Trinajstić information content (AvgIpc) is 1.61. The normalized spacial score (nSPS) is 13.1. The van der Waals surface area contributed by atoms with E-state index in [4.69, 9.17) is 70.8 Å². The smallest absolute Gasteiger partial charge is 0.478 e. The van der Waals surface area contributed by atoms with Gasteiger partial charge in [0.1, 0.15) is 34.8 Å². The minimum absolute atomic E-state index is 0.0955. The van der Waals surface area contributed by atoms with Crippen LogP contribution in [0.25, 0.3) is 74.2 Å². The molecule has 41 heteroatoms. The zero-order valence-electron chi connectivity index (χ0n) is 64.0. The van der Waals surface area contributed by atoms with E-state index in [1.807, 2.05) is 60.7 Å². The predicted molar refractivity (Wildman–Crippen MR) is 455 cm³/mol. The molecule has 8 aromatic heterocycles. The molecule has 1 fully saturated rings. The molecule has 0 bridgehead atoms. The van der Waals surface area contributed by atoms with E-state index in [1.54, 1.807) is 56.3 Å². The monoisotopic (exact) mass is 1770 g/mol. The first-order valence-electron chi connectivity index (χ1n) is 34.9. The van der Waals surface area contributed by atoms with Crippen LogP contribution in [0.3, 0.4) is 0 Å². The number of hydrogen-bond acceptors (Lipinski definition) is 31. The second-order valence-corrected chi connectivity index (χ2v) is 31.7. The van der Waals surface area contributed by atoms with Crippen LogP contribution in [0.2, 0.25) is 0 Å². The number of anilines is 8. The summed E-state index contributed by atoms with van der Waals surface area (Å²) in [5.74, 6) is -1.87. The number of aromatic nitrogens is 8. The maximum absolute atomic E-state index is 12.9. The average molecular weight is 1770 g/mol. The highest BCUT2D eigenvalue weighted by Crippen LogP contribution is 2.40. The van der Waals surface area contributed by atoms with E-state index in [1.165, 1.54) is 127 Å². The van der Waals surface area contributed by atoms with Crippen molar-refractivity contribution >= 4 is 182 Å². The lowest BCUT2D eigenvalue weighted by molar-refractivity contribution is -0.276. The van der Waals surface area contributed by atoms with Crippen LogP contribution in [0, 0.1) is 0 Å². The molecule has 1 aliphatic rings. The summed E-state index contributed by atoms with van der Waals surface area (Å²) in [6.45, 7) is 11.4. The number of fused-ring (bicyclic) bond motifs is 4. The lowest BCUT2D eigenvalue weighted by Crippen LogP contribution is -2.41. The van der Waals surface area contributed by atoms with Gasteiger partial charge in [-0.05, 0) is 165 Å². The number of ether oxygens (including phenoxy) is 4. The fraction of sp³-hybridized carbons (Fsp3) is 0.179. The summed E-state index contributed by atoms with van der Waals surface area (Å²) in [5.41, 5.74) is 60.9. The number of aromatic carboxylic acids is 1. The summed E-state index contributed by atoms with van der Waals surface area (Å²) in [7, 11) is 2.30. The summed E-state index contributed by atoms with van der Waals surface area (Å²) in [6.07, 6.45) is -4.21. The van der Waals surface area contributed by atoms with Crippen LogP contribution in [0.15, 0.2) is 175 Å². The fourth-order valence-electron chi connectivity index (χ4n) is 11.2. The lowest BCUT2D eigenvalue weighted by atomic mass is 9.79. The second kappa shape index (κ2) is 37.3. The van der Waals surface area contributed by atoms with Gasteiger partial charge < -0.3 is 90.3 Å². The molecule has 15 rings (SSSR count). The molecule has 618 valence electrons. The van der Waals surface area contributed by atoms with Gasteiger partial charge in [0.25, 0.3) is 5.91 Å². The van der Waals surface area contributed by atoms with Crippen molar-refractivity contribution in [2.24, 2.45) is 5.73 Å². The van der Waals surface area contributed by atoms with Crippen molar-refractivity contribution in [2.75, 3.05) is 60.1 Å². The Hall–Kier alpha value is -12.6. The number of thiazole rings is 4. The van der Waals surface area contributed by atoms with E-state index in [0.717, 1.165) is 63.0 Å². The molecular formula is C78H74BBrF6N18O11S4. The van der Waals surface area contributed by atoms with Gasteiger partial charge in [-0.15, -0.1) is 26.3 Å². The first kappa shape index (κ1) is 88.7. The fourth-order valence-corrected chi connectivity index (χ4v) is 14.6. The number of nitrogens with two attached hydrogens (primary N) is 9. The summed E-state index contributed by atoms with van der Waals surface area (Å²) in [4.78, 5) is 79.1. The number of amides is 1. The third-order valence-electron chi connectivity index (χ3n) is 17.7. The molecule has 20 N–H and O–H groups in total. The third-order valence-corrected chi connectivity index (χ3v) is 21.7. The number of carbonyl (C=O) groups excluding carboxylic acids is 3. The number of pyridine rings is 4. The standard InChI is InChI=1S/C22H18F3N5O2S.C14H12N4O2S.C13H17BN2O2S.C13H10N4O2S.C9H10F3NO.C7H7BrN2O2/c1-11(14-4-2-3-5-17(14)32-22(23,24)25)29-20(31)13-8-15(19(26)28-10-13)12-6-7-16-18(9-12)33-21(27)30-16;1-20-13(19)8-4-9(12(15)17-6-8)7-2-3-10-11(5-7)21-14(16)18-10;1-12(2)13(3,4)18-14(17-12)8-5-6-9-10(7-8)19-11(15)16-9;14-11-8(3-7(5-16-11)12(18)19)6-1-2-9-10(4-6)20-13(15)17-9;1-6(13)7-4-2-3-5-8(7)14-9(10,11)12;1-12-7(11)4-2-5(8)6(9)10-3-4/h2-11H,1H3,(H2,26,28)(H2,27,30)(H,29,31);2-6H,1H3,(H2,15,17)(H2,16,18);5-7H,1-4H3,(H2,15,16);1-5H,(H2,14,16)(H2,15,17)(H,18,19);2-6H,13H2,1H3;2-3H,1H3,(H2,9,10). The van der Waals surface area contributed by atoms with E-state index in [-0.39, 0.29) is 58.1 Å². The van der Waals surface area contributed by atoms with Crippen molar-refractivity contribution in [1.29, 1.82) is 0 Å². The van der Waals surface area contributed by atoms with Crippen LogP contribution < -0.4 is 71.9 Å². The Balaban J connectivity index is 0.000000155. The van der Waals surface area contributed by atoms with Crippen molar-refractivity contribution in [2.45, 2.75) is 77.6 Å². The number of carboxylic acid groups (broad SMARTS) is 1. The van der Waals surface area contributed by atoms with E-state index >= 15 is 0 Å². The number of hydrogen-bond donors (Lipinski definition) is 11. The minimum Gasteiger partial charge on any atom is -0.478 e. The number of alkyl halides is 6. The third kappa shape index (κ3) is 22.8. The molecule has 119 heavy (non-hydrogen) atoms. The highest BCUT2D eigenvalue weighted by Gasteiger charge is 2.52. The molecule has 29 nitrogen and oxygen atoms in total. The van der Waals surface area contributed by atoms with Crippen molar-refractivity contribution in [1.82, 2.24) is 45.2 Å². The molecule has 0 aliphatic carbocycles. The van der Waals surface area contributed by atoms with Gasteiger partial charge in [0, 0.05) is 58.6 Å². The number of carboxylic acids is 1. The van der Waals surface area contributed by atoms with E-state index in [9.17, 15) is 45.5 Å². The van der Waals surface area contributed by atoms with Gasteiger partial charge in [0.05, 0.1) is 99.1 Å². The molecule has 1 saturated heterocycles. The Morgan fingerprint density at radius 3 is 1.22 bits per heavy atom. The van der Waals surface area contributed by atoms with Crippen LogP contribution in [0.4, 0.5) is 70.1 Å². The Bertz CT molecular complexity index is 6060. The van der Waals surface area contributed by atoms with Crippen molar-refractivity contribution in [3.05, 3.63) is 208 Å². The maximum Gasteiger partial charge on any atom is 0.573 e. The van der Waals surface area contributed by atoms with E-state index in [2.05, 4.69) is 103 Å². The molecule has 0 radical (unpaired) electrons. The summed E-state index contributed by atoms with van der Waals surface area (Å²) < 4.78 is 107. The molecule has 2 atom stereocenters. The van der Waals surface area contributed by atoms with Crippen molar-refractivity contribution in [3.63, 3.8) is 0 Å². The number of para-hydroxylation sites is 2. The summed E-state index contributed by atoms with van der Waals surface area (Å²) in [5, 5.41) is 13.7. The second-order valence-electron chi connectivity index (χ2n) is 26.6. The van der Waals surface area contributed by atoms with Gasteiger partial charge in [0.15, 0.2) is 20.5 Å². The van der Waals surface area contributed by atoms with Gasteiger partial charge >= 0.3 is 37.8 Å². The molecule has 1 aliphatic heterocycles. The molecule has 0 saturated carbocycles. The number of rotatable bonds is 13. The van der Waals surface area contributed by atoms with Crippen LogP contribution in [-0.2, 0) is 18.8 Å². The number of halogens is 7. The molecular weight excluding hydrogens is 1700 g/mol. The first-order valence-corrected chi connectivity index (χ1v) is 39.0. The molecule has 14 aromatic rings. The van der Waals surface area contributed by atoms with Crippen LogP contribution >= 0.6 is 61.3 Å². The van der Waals surface area contributed by atoms with Crippen molar-refractivity contribution in [3.8, 4) is 44.9 Å². The number of methoxy groups -OCH3 is 2. The molecule has 9 heterocycles. The van der Waals surface area contributed by atoms with E-state index < -0.39 is 48.6 Å². The van der Waals surface area contributed by atoms with Gasteiger partial charge in [-0.2, -0.15) is 0 Å². The van der Waals surface area contributed by atoms with Gasteiger partial charge in [0.2, 0.25) is 0 Å². The van der Waals surface area contributed by atoms with Crippen molar-refractivity contribution < 1.29 is 78.9 Å². The molecule has 2 unspecified atom stereocenters. The highest BCUT2D eigenvalue weighted by molar-refractivity contribution is 9.10. The Morgan fingerprint density at radius 1 is 0.479 bits per heavy atom. The van der Waals surface area contributed by atoms with E-state index in [0.29, 0.717) is 70.0 Å². The SMILES string of the molecule is CC(N)c1ccccc1OC(F)(F)F.CC(NC(=O)c1cnc(N)c(-c2ccc3nc(N)sc3c2)c1)c1ccccc1OC(F)(F)F.CC1(C)OB(c2ccc3nc(N)sc3c2)OC1(C)C.COC(=O)c1cnc(N)c(-c2ccc3nc(N)sc3c2)c1.COC(=O)c1cnc(N)c(Br)c1.Nc1nc2ccc(-c3cc(C(=O)O)cnc3N)cc2s1. The number of nitrogens with one attached hydrogen (secondary N) is 1. The van der Waals surface area contributed by atoms with Gasteiger partial charge in [-0.25, -0.2) is 54.3 Å². The van der Waals surface area contributed by atoms with Gasteiger partial charge in [-0.3, -0.25) is 4.79 Å². The summed E-state index contributed by atoms with van der Waals surface area (Å²) >= 11 is 8.71. The van der Waals surface area contributed by atoms with Crippen LogP contribution in [0.1, 0.15) is 106 Å². The Labute approximate surface area is 698 Å². The molecule has 0 spiro atoms. The zero-order valence-corrected chi connectivity index (χ0v) is 68.8. The number of esters is 2. The quantitative estimate of drug-likeness (QED) is 0.0290. The lowest BCUT2D eigenvalue weighted by Gasteiger charge is -2.32. The predicted octanol–water partition coefficient (Wildman–Crippen LogP) is 15.4. The minimum atomic E-state index is -4.85. The largest absolute Gasteiger partial charge is 0.573 e. The topological polar surface area (TPSA) is 493 Å². The number of nitrogens with zero attached hydrogens (tertiary/aromatic N) is 8. The zero-order chi connectivity index (χ0) is 86.8. The molecule has 1 amide bonds. The number of nitrogen functional groups attached to an aromatic ring is 8. The Morgan fingerprint density at radius 2 is 0.824 bits per heavy atom. The van der Waals surface area contributed by atoms with Crippen LogP contribution in [-0.4, -0.2) is 114 Å². The number of carbonyl (C=O) groups is 4. The van der Waals surface area contributed by atoms with Crippen LogP contribution in [0.5, 0.6) is 11.5 Å². The van der Waals surface area contributed by atoms with Gasteiger partial charge in [-0.1, -0.05) is 106 Å². The summed E-state index contributed by atoms with van der Waals surface area (Å²) in [6, 6.07) is 39.1. The molecule has 6 aromatic carbocycles. The Kier molecular flexibility index (Phi) is 27.8. The highest BCUT2D eigenvalue weighted by atomic mass is 79.9. The first-order chi connectivity index (χ1) is 56.1. The number of benzene rings is 6.